The van der Waals surface area contributed by atoms with Crippen LogP contribution in [0.4, 0.5) is 0 Å². The summed E-state index contributed by atoms with van der Waals surface area (Å²) < 4.78 is 12.1. The predicted octanol–water partition coefficient (Wildman–Crippen LogP) is 4.92. The van der Waals surface area contributed by atoms with Gasteiger partial charge in [-0.25, -0.2) is 0 Å². The molecule has 1 heterocycles. The van der Waals surface area contributed by atoms with Gasteiger partial charge in [-0.3, -0.25) is 0 Å². The van der Waals surface area contributed by atoms with Gasteiger partial charge in [0.05, 0.1) is 11.7 Å². The standard InChI is InChI=1S/C19H30O2/c1-13(2)17-9-7-16(8-10-17)11-14(3)18-20-15(4)12-19(5,6)21-18/h7-10,13-15,18H,11-12H2,1-6H3. The van der Waals surface area contributed by atoms with Crippen LogP contribution in [-0.2, 0) is 15.9 Å². The van der Waals surface area contributed by atoms with E-state index in [0.29, 0.717) is 11.8 Å². The van der Waals surface area contributed by atoms with Gasteiger partial charge in [-0.15, -0.1) is 0 Å². The zero-order valence-electron chi connectivity index (χ0n) is 14.3. The van der Waals surface area contributed by atoms with Crippen molar-refractivity contribution in [3.8, 4) is 0 Å². The first-order valence-corrected chi connectivity index (χ1v) is 8.19. The van der Waals surface area contributed by atoms with E-state index in [4.69, 9.17) is 9.47 Å². The molecule has 0 saturated carbocycles. The summed E-state index contributed by atoms with van der Waals surface area (Å²) in [6.07, 6.45) is 2.11. The van der Waals surface area contributed by atoms with Crippen LogP contribution < -0.4 is 0 Å². The molecule has 1 aliphatic rings. The quantitative estimate of drug-likeness (QED) is 0.783. The minimum atomic E-state index is -0.103. The summed E-state index contributed by atoms with van der Waals surface area (Å²) in [5.41, 5.74) is 2.67. The summed E-state index contributed by atoms with van der Waals surface area (Å²) in [7, 11) is 0. The largest absolute Gasteiger partial charge is 0.349 e. The second-order valence-electron chi connectivity index (χ2n) is 7.47. The van der Waals surface area contributed by atoms with Gasteiger partial charge >= 0.3 is 0 Å². The van der Waals surface area contributed by atoms with Gasteiger partial charge in [0.1, 0.15) is 0 Å². The Morgan fingerprint density at radius 3 is 2.29 bits per heavy atom. The third-order valence-corrected chi connectivity index (χ3v) is 4.25. The summed E-state index contributed by atoms with van der Waals surface area (Å²) in [6, 6.07) is 8.95. The van der Waals surface area contributed by atoms with Crippen molar-refractivity contribution in [1.29, 1.82) is 0 Å². The Kier molecular flexibility index (Phi) is 5.11. The number of hydrogen-bond acceptors (Lipinski definition) is 2. The number of hydrogen-bond donors (Lipinski definition) is 0. The molecule has 3 unspecified atom stereocenters. The van der Waals surface area contributed by atoms with Crippen molar-refractivity contribution in [2.75, 3.05) is 0 Å². The predicted molar refractivity (Wildman–Crippen MR) is 87.5 cm³/mol. The molecule has 0 aromatic heterocycles. The highest BCUT2D eigenvalue weighted by Gasteiger charge is 2.35. The average molecular weight is 290 g/mol. The molecule has 21 heavy (non-hydrogen) atoms. The fourth-order valence-electron chi connectivity index (χ4n) is 3.12. The van der Waals surface area contributed by atoms with Crippen LogP contribution in [0.15, 0.2) is 24.3 Å². The normalized spacial score (nSPS) is 26.8. The maximum absolute atomic E-state index is 6.12. The van der Waals surface area contributed by atoms with E-state index in [2.05, 4.69) is 65.8 Å². The maximum Gasteiger partial charge on any atom is 0.161 e. The molecule has 0 bridgehead atoms. The molecular formula is C19H30O2. The lowest BCUT2D eigenvalue weighted by Crippen LogP contribution is -2.45. The monoisotopic (exact) mass is 290 g/mol. The van der Waals surface area contributed by atoms with Crippen molar-refractivity contribution >= 4 is 0 Å². The Morgan fingerprint density at radius 2 is 1.76 bits per heavy atom. The zero-order valence-corrected chi connectivity index (χ0v) is 14.3. The summed E-state index contributed by atoms with van der Waals surface area (Å²) in [4.78, 5) is 0. The first-order chi connectivity index (χ1) is 9.77. The van der Waals surface area contributed by atoms with Crippen LogP contribution in [0.5, 0.6) is 0 Å². The topological polar surface area (TPSA) is 18.5 Å². The van der Waals surface area contributed by atoms with Crippen LogP contribution in [-0.4, -0.2) is 18.0 Å². The van der Waals surface area contributed by atoms with Crippen molar-refractivity contribution in [2.45, 2.75) is 78.3 Å². The van der Waals surface area contributed by atoms with Gasteiger partial charge in [0.15, 0.2) is 6.29 Å². The second kappa shape index (κ2) is 6.50. The van der Waals surface area contributed by atoms with E-state index < -0.39 is 0 Å². The van der Waals surface area contributed by atoms with Gasteiger partial charge in [-0.1, -0.05) is 45.0 Å². The van der Waals surface area contributed by atoms with Crippen molar-refractivity contribution in [2.24, 2.45) is 5.92 Å². The van der Waals surface area contributed by atoms with Crippen LogP contribution in [0.3, 0.4) is 0 Å². The number of rotatable bonds is 4. The molecule has 1 fully saturated rings. The fourth-order valence-corrected chi connectivity index (χ4v) is 3.12. The summed E-state index contributed by atoms with van der Waals surface area (Å²) in [5, 5.41) is 0. The number of ether oxygens (including phenoxy) is 2. The highest BCUT2D eigenvalue weighted by molar-refractivity contribution is 5.25. The molecule has 0 N–H and O–H groups in total. The molecular weight excluding hydrogens is 260 g/mol. The van der Waals surface area contributed by atoms with Gasteiger partial charge in [-0.2, -0.15) is 0 Å². The van der Waals surface area contributed by atoms with Gasteiger partial charge in [0.2, 0.25) is 0 Å². The molecule has 0 spiro atoms. The Bertz CT molecular complexity index is 447. The Hall–Kier alpha value is -0.860. The van der Waals surface area contributed by atoms with E-state index in [1.54, 1.807) is 0 Å². The first-order valence-electron chi connectivity index (χ1n) is 8.19. The van der Waals surface area contributed by atoms with E-state index in [-0.39, 0.29) is 18.0 Å². The lowest BCUT2D eigenvalue weighted by Gasteiger charge is -2.41. The molecule has 2 heteroatoms. The van der Waals surface area contributed by atoms with Gasteiger partial charge in [-0.05, 0) is 44.2 Å². The van der Waals surface area contributed by atoms with Crippen LogP contribution in [0.2, 0.25) is 0 Å². The summed E-state index contributed by atoms with van der Waals surface area (Å²) in [6.45, 7) is 13.1. The van der Waals surface area contributed by atoms with Crippen molar-refractivity contribution < 1.29 is 9.47 Å². The molecule has 2 nitrogen and oxygen atoms in total. The molecule has 2 rings (SSSR count). The molecule has 0 aliphatic carbocycles. The van der Waals surface area contributed by atoms with E-state index in [1.807, 2.05) is 0 Å². The molecule has 118 valence electrons. The van der Waals surface area contributed by atoms with Crippen LogP contribution in [0, 0.1) is 5.92 Å². The molecule has 1 aromatic carbocycles. The minimum absolute atomic E-state index is 0.0852. The van der Waals surface area contributed by atoms with Crippen molar-refractivity contribution in [3.05, 3.63) is 35.4 Å². The minimum Gasteiger partial charge on any atom is -0.349 e. The lowest BCUT2D eigenvalue weighted by atomic mass is 9.94. The molecule has 1 saturated heterocycles. The second-order valence-corrected chi connectivity index (χ2v) is 7.47. The number of benzene rings is 1. The maximum atomic E-state index is 6.12. The third-order valence-electron chi connectivity index (χ3n) is 4.25. The summed E-state index contributed by atoms with van der Waals surface area (Å²) in [5.74, 6) is 0.944. The zero-order chi connectivity index (χ0) is 15.6. The van der Waals surface area contributed by atoms with Crippen molar-refractivity contribution in [3.63, 3.8) is 0 Å². The molecule has 1 aliphatic heterocycles. The SMILES string of the molecule is CC1CC(C)(C)OC(C(C)Cc2ccc(C(C)C)cc2)O1. The van der Waals surface area contributed by atoms with Crippen LogP contribution >= 0.6 is 0 Å². The van der Waals surface area contributed by atoms with Gasteiger partial charge in [0.25, 0.3) is 0 Å². The van der Waals surface area contributed by atoms with E-state index >= 15 is 0 Å². The fraction of sp³-hybridized carbons (Fsp3) is 0.684. The average Bonchev–Trinajstić information content (AvgIpc) is 2.36. The highest BCUT2D eigenvalue weighted by Crippen LogP contribution is 2.31. The molecule has 3 atom stereocenters. The first kappa shape index (κ1) is 16.5. The molecule has 0 amide bonds. The van der Waals surface area contributed by atoms with E-state index in [1.165, 1.54) is 11.1 Å². The van der Waals surface area contributed by atoms with Crippen LogP contribution in [0.25, 0.3) is 0 Å². The Labute approximate surface area is 129 Å². The van der Waals surface area contributed by atoms with E-state index in [0.717, 1.165) is 12.8 Å². The third kappa shape index (κ3) is 4.55. The highest BCUT2D eigenvalue weighted by atomic mass is 16.7. The van der Waals surface area contributed by atoms with Gasteiger partial charge < -0.3 is 9.47 Å². The van der Waals surface area contributed by atoms with Crippen molar-refractivity contribution in [1.82, 2.24) is 0 Å². The van der Waals surface area contributed by atoms with Gasteiger partial charge in [0, 0.05) is 12.3 Å². The Morgan fingerprint density at radius 1 is 1.14 bits per heavy atom. The van der Waals surface area contributed by atoms with E-state index in [9.17, 15) is 0 Å². The van der Waals surface area contributed by atoms with Crippen LogP contribution in [0.1, 0.15) is 65.0 Å². The smallest absolute Gasteiger partial charge is 0.161 e. The summed E-state index contributed by atoms with van der Waals surface area (Å²) >= 11 is 0. The Balaban J connectivity index is 1.98. The lowest BCUT2D eigenvalue weighted by molar-refractivity contribution is -0.285. The molecule has 0 radical (unpaired) electrons. The molecule has 1 aromatic rings.